The quantitative estimate of drug-likeness (QED) is 0.0261. The van der Waals surface area contributed by atoms with Crippen molar-refractivity contribution in [2.45, 2.75) is 419 Å². The Hall–Kier alpha value is -2.37. The van der Waals surface area contributed by atoms with Crippen LogP contribution in [0.1, 0.15) is 412 Å². The summed E-state index contributed by atoms with van der Waals surface area (Å²) in [5.74, 6) is -0.850. The van der Waals surface area contributed by atoms with Crippen LogP contribution in [0, 0.1) is 0 Å². The van der Waals surface area contributed by atoms with E-state index in [9.17, 15) is 14.4 Å². The van der Waals surface area contributed by atoms with E-state index < -0.39 is 6.10 Å². The Kier molecular flexibility index (Phi) is 69.1. The molecule has 0 radical (unpaired) electrons. The van der Waals surface area contributed by atoms with Gasteiger partial charge in [-0.1, -0.05) is 372 Å². The third-order valence-electron chi connectivity index (χ3n) is 16.9. The molecule has 482 valence electrons. The van der Waals surface area contributed by atoms with Crippen LogP contribution in [0.4, 0.5) is 0 Å². The molecule has 0 aliphatic rings. The molecule has 0 saturated heterocycles. The third-order valence-corrected chi connectivity index (χ3v) is 16.9. The lowest BCUT2D eigenvalue weighted by atomic mass is 10.0. The molecule has 0 aromatic carbocycles. The second-order valence-electron chi connectivity index (χ2n) is 25.2. The van der Waals surface area contributed by atoms with Crippen LogP contribution in [-0.4, -0.2) is 37.2 Å². The Morgan fingerprint density at radius 1 is 0.244 bits per heavy atom. The second-order valence-corrected chi connectivity index (χ2v) is 25.2. The van der Waals surface area contributed by atoms with Gasteiger partial charge in [0.15, 0.2) is 6.10 Å². The lowest BCUT2D eigenvalue weighted by Crippen LogP contribution is -2.30. The Morgan fingerprint density at radius 3 is 0.683 bits per heavy atom. The highest BCUT2D eigenvalue weighted by Gasteiger charge is 2.19. The Bertz CT molecular complexity index is 1370. The number of allylic oxidation sites excluding steroid dienone is 6. The van der Waals surface area contributed by atoms with Gasteiger partial charge in [-0.3, -0.25) is 14.4 Å². The minimum Gasteiger partial charge on any atom is -0.462 e. The molecule has 0 N–H and O–H groups in total. The zero-order valence-electron chi connectivity index (χ0n) is 55.5. The summed E-state index contributed by atoms with van der Waals surface area (Å²) < 4.78 is 17.0. The van der Waals surface area contributed by atoms with E-state index >= 15 is 0 Å². The van der Waals surface area contributed by atoms with Crippen LogP contribution >= 0.6 is 0 Å². The van der Waals surface area contributed by atoms with E-state index in [1.807, 2.05) is 0 Å². The van der Waals surface area contributed by atoms with E-state index in [1.54, 1.807) is 0 Å². The van der Waals surface area contributed by atoms with Crippen molar-refractivity contribution in [3.63, 3.8) is 0 Å². The van der Waals surface area contributed by atoms with Crippen LogP contribution < -0.4 is 0 Å². The first-order chi connectivity index (χ1) is 40.5. The molecule has 0 amide bonds. The Labute approximate surface area is 512 Å². The van der Waals surface area contributed by atoms with E-state index in [2.05, 4.69) is 57.2 Å². The molecule has 0 bridgehead atoms. The van der Waals surface area contributed by atoms with Crippen molar-refractivity contribution in [3.8, 4) is 0 Å². The highest BCUT2D eigenvalue weighted by molar-refractivity contribution is 5.71. The molecule has 0 aliphatic heterocycles. The summed E-state index contributed by atoms with van der Waals surface area (Å²) in [4.78, 5) is 38.5. The van der Waals surface area contributed by atoms with Gasteiger partial charge in [0.2, 0.25) is 0 Å². The molecule has 0 heterocycles. The molecule has 0 fully saturated rings. The highest BCUT2D eigenvalue weighted by atomic mass is 16.6. The fraction of sp³-hybridized carbons (Fsp3) is 0.882. The lowest BCUT2D eigenvalue weighted by molar-refractivity contribution is -0.167. The molecule has 0 aliphatic carbocycles. The monoisotopic (exact) mass is 1150 g/mol. The van der Waals surface area contributed by atoms with Crippen molar-refractivity contribution in [3.05, 3.63) is 36.5 Å². The molecule has 0 saturated carbocycles. The number of esters is 3. The summed E-state index contributed by atoms with van der Waals surface area (Å²) in [5.41, 5.74) is 0. The zero-order chi connectivity index (χ0) is 59.2. The molecule has 6 nitrogen and oxygen atoms in total. The predicted octanol–water partition coefficient (Wildman–Crippen LogP) is 25.5. The summed E-state index contributed by atoms with van der Waals surface area (Å²) in [7, 11) is 0. The number of carbonyl (C=O) groups excluding carboxylic acids is 3. The van der Waals surface area contributed by atoms with Gasteiger partial charge in [-0.2, -0.15) is 0 Å². The van der Waals surface area contributed by atoms with Crippen molar-refractivity contribution in [1.82, 2.24) is 0 Å². The maximum absolute atomic E-state index is 13.0. The van der Waals surface area contributed by atoms with Crippen LogP contribution in [0.25, 0.3) is 0 Å². The van der Waals surface area contributed by atoms with Gasteiger partial charge in [0, 0.05) is 19.3 Å². The molecule has 0 rings (SSSR count). The van der Waals surface area contributed by atoms with E-state index in [-0.39, 0.29) is 31.1 Å². The number of ether oxygens (including phenoxy) is 3. The number of hydrogen-bond acceptors (Lipinski definition) is 6. The maximum atomic E-state index is 13.0. The van der Waals surface area contributed by atoms with Gasteiger partial charge < -0.3 is 14.2 Å². The Morgan fingerprint density at radius 2 is 0.439 bits per heavy atom. The molecule has 6 heteroatoms. The smallest absolute Gasteiger partial charge is 0.306 e. The van der Waals surface area contributed by atoms with Gasteiger partial charge in [-0.15, -0.1) is 0 Å². The zero-order valence-corrected chi connectivity index (χ0v) is 55.5. The number of unbranched alkanes of at least 4 members (excludes halogenated alkanes) is 52. The molecule has 82 heavy (non-hydrogen) atoms. The highest BCUT2D eigenvalue weighted by Crippen LogP contribution is 2.19. The van der Waals surface area contributed by atoms with Crippen LogP contribution in [0.5, 0.6) is 0 Å². The first-order valence-electron chi connectivity index (χ1n) is 37.0. The lowest BCUT2D eigenvalue weighted by Gasteiger charge is -2.18. The topological polar surface area (TPSA) is 78.9 Å². The van der Waals surface area contributed by atoms with E-state index in [4.69, 9.17) is 14.2 Å². The van der Waals surface area contributed by atoms with Crippen molar-refractivity contribution in [2.75, 3.05) is 13.2 Å². The predicted molar refractivity (Wildman–Crippen MR) is 358 cm³/mol. The van der Waals surface area contributed by atoms with Crippen LogP contribution in [0.2, 0.25) is 0 Å². The summed E-state index contributed by atoms with van der Waals surface area (Å²) in [6.45, 7) is 6.71. The Balaban J connectivity index is 4.30. The van der Waals surface area contributed by atoms with E-state index in [1.165, 1.54) is 295 Å². The largest absolute Gasteiger partial charge is 0.462 e. The molecular weight excluding hydrogens is 1010 g/mol. The van der Waals surface area contributed by atoms with Gasteiger partial charge in [0.1, 0.15) is 13.2 Å². The van der Waals surface area contributed by atoms with Gasteiger partial charge in [-0.05, 0) is 57.8 Å². The minimum absolute atomic E-state index is 0.0716. The first-order valence-corrected chi connectivity index (χ1v) is 37.0. The van der Waals surface area contributed by atoms with Crippen molar-refractivity contribution in [2.24, 2.45) is 0 Å². The SMILES string of the molecule is CCCCCCC/C=C\C/C=C\C/C=C\CCCCCCCCC(=O)OC(COC(=O)CCCCCCCCCCCCCCCCCCCC)COC(=O)CCCCCCCCCCCCCCCCCCCCCCCCCCC. The minimum atomic E-state index is -0.778. The van der Waals surface area contributed by atoms with Gasteiger partial charge >= 0.3 is 17.9 Å². The fourth-order valence-electron chi connectivity index (χ4n) is 11.3. The number of carbonyl (C=O) groups is 3. The summed E-state index contributed by atoms with van der Waals surface area (Å²) in [6, 6.07) is 0. The molecule has 0 aromatic heterocycles. The van der Waals surface area contributed by atoms with Crippen LogP contribution in [0.3, 0.4) is 0 Å². The molecule has 1 atom stereocenters. The van der Waals surface area contributed by atoms with Gasteiger partial charge in [-0.25, -0.2) is 0 Å². The molecule has 0 aromatic rings. The van der Waals surface area contributed by atoms with Gasteiger partial charge in [0.25, 0.3) is 0 Å². The summed E-state index contributed by atoms with van der Waals surface area (Å²) in [5, 5.41) is 0. The van der Waals surface area contributed by atoms with Crippen molar-refractivity contribution < 1.29 is 28.6 Å². The third kappa shape index (κ3) is 68.4. The molecular formula is C76H142O6. The van der Waals surface area contributed by atoms with Crippen LogP contribution in [0.15, 0.2) is 36.5 Å². The van der Waals surface area contributed by atoms with Crippen molar-refractivity contribution >= 4 is 17.9 Å². The van der Waals surface area contributed by atoms with E-state index in [0.717, 1.165) is 77.0 Å². The number of rotatable bonds is 69. The number of hydrogen-bond donors (Lipinski definition) is 0. The molecule has 0 spiro atoms. The average Bonchev–Trinajstić information content (AvgIpc) is 3.47. The second kappa shape index (κ2) is 71.1. The fourth-order valence-corrected chi connectivity index (χ4v) is 11.3. The van der Waals surface area contributed by atoms with E-state index in [0.29, 0.717) is 19.3 Å². The average molecular weight is 1150 g/mol. The summed E-state index contributed by atoms with van der Waals surface area (Å²) >= 11 is 0. The molecule has 1 unspecified atom stereocenters. The normalized spacial score (nSPS) is 12.2. The summed E-state index contributed by atoms with van der Waals surface area (Å²) in [6.07, 6.45) is 88.9. The first kappa shape index (κ1) is 79.6. The maximum Gasteiger partial charge on any atom is 0.306 e. The van der Waals surface area contributed by atoms with Gasteiger partial charge in [0.05, 0.1) is 0 Å². The standard InChI is InChI=1S/C76H142O6/c1-4-7-10-13-16-19-22-25-28-31-34-36-37-38-39-41-42-45-48-51-54-57-60-63-66-69-75(78)81-72-73(71-80-74(77)68-65-62-59-56-53-50-47-44-33-30-27-24-21-18-15-12-9-6-3)82-76(79)70-67-64-61-58-55-52-49-46-43-40-35-32-29-26-23-20-17-14-11-8-5-2/h23,26,32,35,43,46,73H,4-22,24-25,27-31,33-34,36-42,44-45,47-72H2,1-3H3/b26-23-,35-32-,46-43-. The van der Waals surface area contributed by atoms with Crippen molar-refractivity contribution in [1.29, 1.82) is 0 Å². The van der Waals surface area contributed by atoms with Crippen LogP contribution in [-0.2, 0) is 28.6 Å².